The van der Waals surface area contributed by atoms with Gasteiger partial charge < -0.3 is 4.57 Å². The molecule has 0 aliphatic heterocycles. The number of aryl methyl sites for hydroxylation is 1. The molecule has 0 radical (unpaired) electrons. The molecule has 0 aliphatic carbocycles. The first-order chi connectivity index (χ1) is 6.33. The Kier molecular flexibility index (Phi) is 1.82. The zero-order valence-corrected chi connectivity index (χ0v) is 7.35. The number of hydrogen-bond acceptors (Lipinski definition) is 5. The van der Waals surface area contributed by atoms with Gasteiger partial charge in [-0.1, -0.05) is 0 Å². The highest BCUT2D eigenvalue weighted by atomic mass is 16.6. The van der Waals surface area contributed by atoms with Crippen LogP contribution in [-0.4, -0.2) is 26.6 Å². The maximum absolute atomic E-state index is 4.76. The second kappa shape index (κ2) is 2.98. The number of fused-ring (bicyclic) bond motifs is 1. The minimum atomic E-state index is 0.577. The van der Waals surface area contributed by atoms with E-state index in [4.69, 9.17) is 4.84 Å². The fraction of sp³-hybridized carbons (Fsp3) is 0.286. The van der Waals surface area contributed by atoms with E-state index in [1.165, 1.54) is 13.4 Å². The number of aromatic nitrogens is 4. The number of imidazole rings is 1. The number of rotatable bonds is 2. The molecule has 0 saturated carbocycles. The number of hydrogen-bond donors (Lipinski definition) is 1. The summed E-state index contributed by atoms with van der Waals surface area (Å²) in [5.74, 6) is 0.577. The summed E-state index contributed by atoms with van der Waals surface area (Å²) in [6, 6.07) is 0. The molecule has 0 saturated heterocycles. The largest absolute Gasteiger partial charge is 0.318 e. The van der Waals surface area contributed by atoms with E-state index < -0.39 is 0 Å². The molecule has 0 spiro atoms. The molecule has 2 aromatic heterocycles. The molecule has 0 unspecified atom stereocenters. The van der Waals surface area contributed by atoms with Gasteiger partial charge in [0.25, 0.3) is 0 Å². The highest BCUT2D eigenvalue weighted by Gasteiger charge is 2.06. The third-order valence-corrected chi connectivity index (χ3v) is 1.70. The molecule has 0 amide bonds. The molecule has 2 heterocycles. The average molecular weight is 179 g/mol. The normalized spacial score (nSPS) is 10.6. The predicted octanol–water partition coefficient (Wildman–Crippen LogP) is 0.337. The first-order valence-electron chi connectivity index (χ1n) is 3.74. The van der Waals surface area contributed by atoms with Gasteiger partial charge in [-0.25, -0.2) is 20.4 Å². The van der Waals surface area contributed by atoms with E-state index in [0.717, 1.165) is 5.65 Å². The van der Waals surface area contributed by atoms with Crippen molar-refractivity contribution in [2.75, 3.05) is 12.6 Å². The van der Waals surface area contributed by atoms with Gasteiger partial charge >= 0.3 is 0 Å². The summed E-state index contributed by atoms with van der Waals surface area (Å²) in [4.78, 5) is 17.0. The Labute approximate surface area is 74.5 Å². The Morgan fingerprint density at radius 1 is 1.38 bits per heavy atom. The second-order valence-electron chi connectivity index (χ2n) is 2.56. The van der Waals surface area contributed by atoms with Crippen molar-refractivity contribution in [1.29, 1.82) is 0 Å². The average Bonchev–Trinajstić information content (AvgIpc) is 2.50. The molecule has 13 heavy (non-hydrogen) atoms. The summed E-state index contributed by atoms with van der Waals surface area (Å²) < 4.78 is 1.82. The van der Waals surface area contributed by atoms with Crippen molar-refractivity contribution in [3.63, 3.8) is 0 Å². The molecule has 2 rings (SSSR count). The van der Waals surface area contributed by atoms with Gasteiger partial charge in [-0.3, -0.25) is 4.84 Å². The van der Waals surface area contributed by atoms with E-state index in [1.54, 1.807) is 6.33 Å². The second-order valence-corrected chi connectivity index (χ2v) is 2.56. The lowest BCUT2D eigenvalue weighted by Crippen LogP contribution is -2.00. The minimum absolute atomic E-state index is 0.577. The SMILES string of the molecule is CONc1ncnc2c1ncn2C. The molecular weight excluding hydrogens is 170 g/mol. The Balaban J connectivity index is 2.63. The smallest absolute Gasteiger partial charge is 0.181 e. The monoisotopic (exact) mass is 179 g/mol. The maximum atomic E-state index is 4.76. The molecule has 0 aromatic carbocycles. The molecule has 6 heteroatoms. The van der Waals surface area contributed by atoms with Crippen LogP contribution < -0.4 is 5.48 Å². The lowest BCUT2D eigenvalue weighted by Gasteiger charge is -2.01. The first-order valence-corrected chi connectivity index (χ1v) is 3.74. The van der Waals surface area contributed by atoms with Crippen molar-refractivity contribution in [3.8, 4) is 0 Å². The Bertz CT molecular complexity index is 424. The van der Waals surface area contributed by atoms with Crippen molar-refractivity contribution in [1.82, 2.24) is 19.5 Å². The van der Waals surface area contributed by atoms with Crippen LogP contribution in [0.3, 0.4) is 0 Å². The van der Waals surface area contributed by atoms with Crippen molar-refractivity contribution >= 4 is 17.0 Å². The Morgan fingerprint density at radius 2 is 2.23 bits per heavy atom. The molecule has 1 N–H and O–H groups in total. The molecular formula is C7H9N5O. The molecule has 0 fully saturated rings. The molecule has 0 bridgehead atoms. The quantitative estimate of drug-likeness (QED) is 0.673. The van der Waals surface area contributed by atoms with Gasteiger partial charge in [0.15, 0.2) is 17.0 Å². The van der Waals surface area contributed by atoms with Gasteiger partial charge in [0, 0.05) is 7.05 Å². The van der Waals surface area contributed by atoms with Crippen molar-refractivity contribution in [3.05, 3.63) is 12.7 Å². The van der Waals surface area contributed by atoms with Crippen LogP contribution in [0.2, 0.25) is 0 Å². The van der Waals surface area contributed by atoms with Gasteiger partial charge in [0.05, 0.1) is 13.4 Å². The first kappa shape index (κ1) is 7.93. The maximum Gasteiger partial charge on any atom is 0.181 e. The molecule has 2 aromatic rings. The van der Waals surface area contributed by atoms with E-state index in [9.17, 15) is 0 Å². The van der Waals surface area contributed by atoms with Crippen molar-refractivity contribution < 1.29 is 4.84 Å². The number of anilines is 1. The van der Waals surface area contributed by atoms with Crippen LogP contribution >= 0.6 is 0 Å². The van der Waals surface area contributed by atoms with Crippen molar-refractivity contribution in [2.24, 2.45) is 7.05 Å². The zero-order chi connectivity index (χ0) is 9.26. The van der Waals surface area contributed by atoms with Crippen molar-refractivity contribution in [2.45, 2.75) is 0 Å². The van der Waals surface area contributed by atoms with Crippen LogP contribution in [0.4, 0.5) is 5.82 Å². The van der Waals surface area contributed by atoms with Gasteiger partial charge in [0.1, 0.15) is 6.33 Å². The molecule has 0 atom stereocenters. The summed E-state index contributed by atoms with van der Waals surface area (Å²) >= 11 is 0. The standard InChI is InChI=1S/C7H9N5O/c1-12-4-10-5-6(11-13-2)8-3-9-7(5)12/h3-4H,1-2H3,(H,8,9,11). The van der Waals surface area contributed by atoms with Crippen LogP contribution in [0.5, 0.6) is 0 Å². The molecule has 68 valence electrons. The highest BCUT2D eigenvalue weighted by molar-refractivity contribution is 5.81. The lowest BCUT2D eigenvalue weighted by atomic mass is 10.5. The number of nitrogens with one attached hydrogen (secondary N) is 1. The van der Waals surface area contributed by atoms with E-state index >= 15 is 0 Å². The summed E-state index contributed by atoms with van der Waals surface area (Å²) in [6.07, 6.45) is 3.14. The van der Waals surface area contributed by atoms with Crippen LogP contribution in [-0.2, 0) is 11.9 Å². The molecule has 6 nitrogen and oxygen atoms in total. The van der Waals surface area contributed by atoms with E-state index in [2.05, 4.69) is 20.4 Å². The van der Waals surface area contributed by atoms with Gasteiger partial charge in [0.2, 0.25) is 0 Å². The van der Waals surface area contributed by atoms with Crippen LogP contribution in [0, 0.1) is 0 Å². The topological polar surface area (TPSA) is 64.9 Å². The van der Waals surface area contributed by atoms with E-state index in [0.29, 0.717) is 11.3 Å². The highest BCUT2D eigenvalue weighted by Crippen LogP contribution is 2.15. The van der Waals surface area contributed by atoms with Crippen LogP contribution in [0.25, 0.3) is 11.2 Å². The van der Waals surface area contributed by atoms with Crippen LogP contribution in [0.1, 0.15) is 0 Å². The Morgan fingerprint density at radius 3 is 3.00 bits per heavy atom. The lowest BCUT2D eigenvalue weighted by molar-refractivity contribution is 0.269. The van der Waals surface area contributed by atoms with Gasteiger partial charge in [-0.15, -0.1) is 0 Å². The fourth-order valence-corrected chi connectivity index (χ4v) is 1.12. The van der Waals surface area contributed by atoms with E-state index in [-0.39, 0.29) is 0 Å². The third-order valence-electron chi connectivity index (χ3n) is 1.70. The minimum Gasteiger partial charge on any atom is -0.318 e. The number of nitrogens with zero attached hydrogens (tertiary/aromatic N) is 4. The summed E-state index contributed by atoms with van der Waals surface area (Å²) in [5.41, 5.74) is 4.11. The summed E-state index contributed by atoms with van der Waals surface area (Å²) in [6.45, 7) is 0. The molecule has 0 aliphatic rings. The van der Waals surface area contributed by atoms with Gasteiger partial charge in [-0.2, -0.15) is 0 Å². The Hall–Kier alpha value is -1.69. The summed E-state index contributed by atoms with van der Waals surface area (Å²) in [7, 11) is 3.40. The third kappa shape index (κ3) is 1.20. The summed E-state index contributed by atoms with van der Waals surface area (Å²) in [5, 5.41) is 0. The predicted molar refractivity (Wildman–Crippen MR) is 46.9 cm³/mol. The van der Waals surface area contributed by atoms with Gasteiger partial charge in [-0.05, 0) is 0 Å². The van der Waals surface area contributed by atoms with Crippen LogP contribution in [0.15, 0.2) is 12.7 Å². The zero-order valence-electron chi connectivity index (χ0n) is 7.35. The fourth-order valence-electron chi connectivity index (χ4n) is 1.12. The van der Waals surface area contributed by atoms with E-state index in [1.807, 2.05) is 11.6 Å².